The van der Waals surface area contributed by atoms with Crippen LogP contribution in [0.4, 0.5) is 0 Å². The second-order valence-electron chi connectivity index (χ2n) is 8.73. The van der Waals surface area contributed by atoms with E-state index in [1.165, 1.54) is 0 Å². The molecule has 3 aliphatic rings. The molecule has 31 heavy (non-hydrogen) atoms. The Morgan fingerprint density at radius 3 is 2.65 bits per heavy atom. The van der Waals surface area contributed by atoms with Gasteiger partial charge < -0.3 is 14.4 Å². The molecule has 0 spiro atoms. The number of thioether (sulfide) groups is 1. The number of nitrogens with zero attached hydrogens (tertiary/aromatic N) is 1. The minimum Gasteiger partial charge on any atom is -0.483 e. The van der Waals surface area contributed by atoms with Crippen LogP contribution in [0.15, 0.2) is 40.5 Å². The third kappa shape index (κ3) is 4.53. The number of fused-ring (bicyclic) bond motifs is 1. The third-order valence-corrected chi connectivity index (χ3v) is 7.45. The fourth-order valence-corrected chi connectivity index (χ4v) is 5.51. The molecule has 0 bridgehead atoms. The second kappa shape index (κ2) is 9.55. The van der Waals surface area contributed by atoms with E-state index in [4.69, 9.17) is 21.1 Å². The predicted octanol–water partition coefficient (Wildman–Crippen LogP) is 4.74. The van der Waals surface area contributed by atoms with Gasteiger partial charge in [-0.2, -0.15) is 0 Å². The highest BCUT2D eigenvalue weighted by Gasteiger charge is 2.52. The van der Waals surface area contributed by atoms with Gasteiger partial charge in [-0.25, -0.2) is 0 Å². The van der Waals surface area contributed by atoms with Crippen LogP contribution in [0, 0.1) is 5.92 Å². The maximum atomic E-state index is 13.6. The first-order valence-corrected chi connectivity index (χ1v) is 12.7. The summed E-state index contributed by atoms with van der Waals surface area (Å²) >= 11 is 8.05. The zero-order valence-electron chi connectivity index (χ0n) is 18.3. The van der Waals surface area contributed by atoms with Crippen molar-refractivity contribution in [3.8, 4) is 0 Å². The van der Waals surface area contributed by atoms with E-state index >= 15 is 0 Å². The summed E-state index contributed by atoms with van der Waals surface area (Å²) in [7, 11) is 0. The summed E-state index contributed by atoms with van der Waals surface area (Å²) in [5.74, 6) is -0.161. The number of hydrogen-bond donors (Lipinski definition) is 0. The summed E-state index contributed by atoms with van der Waals surface area (Å²) in [5.41, 5.74) is 1.45. The van der Waals surface area contributed by atoms with Crippen LogP contribution in [0.3, 0.4) is 0 Å². The van der Waals surface area contributed by atoms with Gasteiger partial charge in [-0.05, 0) is 63.5 Å². The number of amides is 1. The lowest BCUT2D eigenvalue weighted by Crippen LogP contribution is -2.41. The molecular formula is C24H30ClNO4S. The maximum Gasteiger partial charge on any atom is 0.290 e. The molecular weight excluding hydrogens is 434 g/mol. The molecule has 168 valence electrons. The van der Waals surface area contributed by atoms with Crippen molar-refractivity contribution in [2.24, 2.45) is 5.92 Å². The monoisotopic (exact) mass is 463 g/mol. The van der Waals surface area contributed by atoms with Crippen LogP contribution in [0.1, 0.15) is 51.1 Å². The van der Waals surface area contributed by atoms with E-state index in [0.29, 0.717) is 38.0 Å². The van der Waals surface area contributed by atoms with Crippen molar-refractivity contribution >= 4 is 35.1 Å². The van der Waals surface area contributed by atoms with E-state index in [9.17, 15) is 9.59 Å². The average molecular weight is 464 g/mol. The molecule has 0 aromatic heterocycles. The highest BCUT2D eigenvalue weighted by Crippen LogP contribution is 2.47. The number of ether oxygens (including phenoxy) is 2. The molecule has 1 saturated carbocycles. The van der Waals surface area contributed by atoms with Gasteiger partial charge in [0, 0.05) is 23.4 Å². The molecule has 0 radical (unpaired) electrons. The van der Waals surface area contributed by atoms with Crippen molar-refractivity contribution in [2.75, 3.05) is 19.4 Å². The largest absolute Gasteiger partial charge is 0.483 e. The number of halogens is 1. The Balaban J connectivity index is 1.65. The van der Waals surface area contributed by atoms with Gasteiger partial charge in [0.15, 0.2) is 11.5 Å². The first-order chi connectivity index (χ1) is 14.9. The fourth-order valence-electron chi connectivity index (χ4n) is 4.78. The first-order valence-electron chi connectivity index (χ1n) is 11.1. The Labute approximate surface area is 193 Å². The number of alkyl halides is 1. The molecule has 4 unspecified atom stereocenters. The smallest absolute Gasteiger partial charge is 0.290 e. The molecule has 1 fully saturated rings. The molecule has 5 nitrogen and oxygen atoms in total. The second-order valence-corrected chi connectivity index (χ2v) is 10.2. The van der Waals surface area contributed by atoms with Crippen molar-refractivity contribution in [1.29, 1.82) is 0 Å². The maximum absolute atomic E-state index is 13.6. The SMILES string of the molecule is CSc1ccc(C2C3=C(OC4CCC(Cl)CC4C3=O)C(=O)N2CCCOC(C)C)cc1. The predicted molar refractivity (Wildman–Crippen MR) is 122 cm³/mol. The van der Waals surface area contributed by atoms with Gasteiger partial charge >= 0.3 is 0 Å². The fraction of sp³-hybridized carbons (Fsp3) is 0.583. The highest BCUT2D eigenvalue weighted by molar-refractivity contribution is 7.98. The Bertz CT molecular complexity index is 869. The van der Waals surface area contributed by atoms with Crippen molar-refractivity contribution in [1.82, 2.24) is 4.90 Å². The van der Waals surface area contributed by atoms with Crippen LogP contribution >= 0.6 is 23.4 Å². The molecule has 2 heterocycles. The lowest BCUT2D eigenvalue weighted by molar-refractivity contribution is -0.135. The number of benzene rings is 1. The van der Waals surface area contributed by atoms with E-state index in [2.05, 4.69) is 0 Å². The minimum atomic E-state index is -0.415. The number of hydrogen-bond acceptors (Lipinski definition) is 5. The van der Waals surface area contributed by atoms with E-state index in [1.807, 2.05) is 44.4 Å². The van der Waals surface area contributed by atoms with Gasteiger partial charge in [0.25, 0.3) is 5.91 Å². The normalized spacial score (nSPS) is 28.1. The minimum absolute atomic E-state index is 0.0170. The number of carbonyl (C=O) groups is 2. The summed E-state index contributed by atoms with van der Waals surface area (Å²) in [6.45, 7) is 5.07. The van der Waals surface area contributed by atoms with Crippen molar-refractivity contribution in [2.45, 2.75) is 68.1 Å². The molecule has 0 saturated heterocycles. The van der Waals surface area contributed by atoms with E-state index in [-0.39, 0.29) is 41.0 Å². The van der Waals surface area contributed by atoms with Gasteiger partial charge in [-0.15, -0.1) is 23.4 Å². The van der Waals surface area contributed by atoms with Crippen LogP contribution in [0.5, 0.6) is 0 Å². The topological polar surface area (TPSA) is 55.8 Å². The molecule has 2 aliphatic heterocycles. The van der Waals surface area contributed by atoms with Gasteiger partial charge in [0.2, 0.25) is 0 Å². The Morgan fingerprint density at radius 1 is 1.23 bits per heavy atom. The lowest BCUT2D eigenvalue weighted by Gasteiger charge is -2.37. The summed E-state index contributed by atoms with van der Waals surface area (Å²) in [6.07, 6.45) is 4.76. The highest BCUT2D eigenvalue weighted by atomic mass is 35.5. The summed E-state index contributed by atoms with van der Waals surface area (Å²) in [5, 5.41) is -0.0170. The van der Waals surface area contributed by atoms with Crippen molar-refractivity contribution in [3.63, 3.8) is 0 Å². The molecule has 4 rings (SSSR count). The van der Waals surface area contributed by atoms with Crippen LogP contribution in [0.2, 0.25) is 0 Å². The Morgan fingerprint density at radius 2 is 1.97 bits per heavy atom. The molecule has 1 aromatic carbocycles. The van der Waals surface area contributed by atoms with Crippen LogP contribution < -0.4 is 0 Å². The summed E-state index contributed by atoms with van der Waals surface area (Å²) in [4.78, 5) is 29.9. The zero-order chi connectivity index (χ0) is 22.1. The van der Waals surface area contributed by atoms with E-state index in [0.717, 1.165) is 16.9 Å². The average Bonchev–Trinajstić information content (AvgIpc) is 3.04. The standard InChI is InChI=1S/C24H30ClNO4S/c1-14(2)29-12-4-11-26-21(15-5-8-17(31-3)9-6-15)20-22(27)18-13-16(25)7-10-19(18)30-23(20)24(26)28/h5-6,8-9,14,16,18-19,21H,4,7,10-13H2,1-3H3. The Hall–Kier alpha value is -1.50. The van der Waals surface area contributed by atoms with Crippen LogP contribution in [0.25, 0.3) is 0 Å². The molecule has 4 atom stereocenters. The van der Waals surface area contributed by atoms with Crippen molar-refractivity contribution in [3.05, 3.63) is 41.2 Å². The molecule has 0 N–H and O–H groups in total. The molecule has 1 amide bonds. The Kier molecular flexibility index (Phi) is 6.99. The van der Waals surface area contributed by atoms with E-state index < -0.39 is 6.04 Å². The van der Waals surface area contributed by atoms with E-state index in [1.54, 1.807) is 16.7 Å². The van der Waals surface area contributed by atoms with Crippen LogP contribution in [-0.4, -0.2) is 53.6 Å². The number of Topliss-reactive ketones (excluding diaryl/α,β-unsaturated/α-hetero) is 1. The quantitative estimate of drug-likeness (QED) is 0.332. The van der Waals surface area contributed by atoms with Gasteiger partial charge in [-0.3, -0.25) is 9.59 Å². The molecule has 1 aliphatic carbocycles. The lowest BCUT2D eigenvalue weighted by atomic mass is 9.77. The summed E-state index contributed by atoms with van der Waals surface area (Å²) in [6, 6.07) is 7.69. The third-order valence-electron chi connectivity index (χ3n) is 6.31. The van der Waals surface area contributed by atoms with Gasteiger partial charge in [0.1, 0.15) is 6.10 Å². The van der Waals surface area contributed by atoms with Crippen molar-refractivity contribution < 1.29 is 19.1 Å². The van der Waals surface area contributed by atoms with Crippen LogP contribution in [-0.2, 0) is 19.1 Å². The van der Waals surface area contributed by atoms with Gasteiger partial charge in [0.05, 0.1) is 23.6 Å². The molecule has 7 heteroatoms. The molecule has 1 aromatic rings. The zero-order valence-corrected chi connectivity index (χ0v) is 19.9. The summed E-state index contributed by atoms with van der Waals surface area (Å²) < 4.78 is 11.9. The van der Waals surface area contributed by atoms with Gasteiger partial charge in [-0.1, -0.05) is 12.1 Å². The number of ketones is 1. The number of rotatable bonds is 7. The number of carbonyl (C=O) groups excluding carboxylic acids is 2. The first kappa shape index (κ1) is 22.7.